The number of rotatable bonds is 3. The average molecular weight is 282 g/mol. The van der Waals surface area contributed by atoms with Crippen LogP contribution < -0.4 is 9.64 Å². The molecule has 0 spiro atoms. The van der Waals surface area contributed by atoms with E-state index in [0.717, 1.165) is 0 Å². The van der Waals surface area contributed by atoms with Crippen molar-refractivity contribution in [1.82, 2.24) is 0 Å². The van der Waals surface area contributed by atoms with Crippen LogP contribution in [0.2, 0.25) is 0 Å². The summed E-state index contributed by atoms with van der Waals surface area (Å²) in [6.45, 7) is -0.123. The van der Waals surface area contributed by atoms with Gasteiger partial charge in [-0.1, -0.05) is 24.3 Å². The van der Waals surface area contributed by atoms with Crippen molar-refractivity contribution in [3.05, 3.63) is 36.4 Å². The molecule has 2 amide bonds. The number of nitriles is 1. The SMILES string of the molecule is N#CCOc1ccccc1N1C(=O)C2CC=CCC2C1=O. The highest BCUT2D eigenvalue weighted by molar-refractivity contribution is 6.22. The number of carbonyl (C=O) groups is 2. The molecule has 106 valence electrons. The monoisotopic (exact) mass is 282 g/mol. The van der Waals surface area contributed by atoms with Crippen molar-refractivity contribution in [2.75, 3.05) is 11.5 Å². The molecule has 0 bridgehead atoms. The Balaban J connectivity index is 1.96. The number of hydrogen-bond donors (Lipinski definition) is 0. The lowest BCUT2D eigenvalue weighted by Crippen LogP contribution is -2.31. The van der Waals surface area contributed by atoms with Gasteiger partial charge in [-0.2, -0.15) is 5.26 Å². The number of allylic oxidation sites excluding steroid dienone is 2. The summed E-state index contributed by atoms with van der Waals surface area (Å²) in [5.74, 6) is -0.518. The third kappa shape index (κ3) is 2.19. The predicted molar refractivity (Wildman–Crippen MR) is 75.4 cm³/mol. The van der Waals surface area contributed by atoms with Crippen molar-refractivity contribution in [1.29, 1.82) is 5.26 Å². The number of carbonyl (C=O) groups excluding carboxylic acids is 2. The molecular weight excluding hydrogens is 268 g/mol. The molecule has 5 nitrogen and oxygen atoms in total. The van der Waals surface area contributed by atoms with Crippen LogP contribution in [0.5, 0.6) is 5.75 Å². The molecule has 0 radical (unpaired) electrons. The van der Waals surface area contributed by atoms with Crippen molar-refractivity contribution < 1.29 is 14.3 Å². The van der Waals surface area contributed by atoms with E-state index >= 15 is 0 Å². The fraction of sp³-hybridized carbons (Fsp3) is 0.312. The van der Waals surface area contributed by atoms with Gasteiger partial charge >= 0.3 is 0 Å². The Hall–Kier alpha value is -2.61. The maximum Gasteiger partial charge on any atom is 0.238 e. The van der Waals surface area contributed by atoms with Crippen molar-refractivity contribution in [3.8, 4) is 11.8 Å². The van der Waals surface area contributed by atoms with E-state index in [1.807, 2.05) is 18.2 Å². The third-order valence-electron chi connectivity index (χ3n) is 3.91. The number of para-hydroxylation sites is 2. The van der Waals surface area contributed by atoms with Crippen LogP contribution in [0.25, 0.3) is 0 Å². The summed E-state index contributed by atoms with van der Waals surface area (Å²) in [4.78, 5) is 26.3. The third-order valence-corrected chi connectivity index (χ3v) is 3.91. The Morgan fingerprint density at radius 1 is 1.14 bits per heavy atom. The largest absolute Gasteiger partial charge is 0.477 e. The Morgan fingerprint density at radius 3 is 2.38 bits per heavy atom. The number of nitrogens with zero attached hydrogens (tertiary/aromatic N) is 2. The lowest BCUT2D eigenvalue weighted by molar-refractivity contribution is -0.122. The number of benzene rings is 1. The van der Waals surface area contributed by atoms with E-state index in [2.05, 4.69) is 0 Å². The second-order valence-corrected chi connectivity index (χ2v) is 5.08. The standard InChI is InChI=1S/C16H14N2O3/c17-9-10-21-14-8-4-3-7-13(14)18-15(19)11-5-1-2-6-12(11)16(18)20/h1-4,7-8,11-12H,5-6,10H2. The zero-order valence-electron chi connectivity index (χ0n) is 11.4. The molecule has 3 rings (SSSR count). The van der Waals surface area contributed by atoms with Crippen LogP contribution in [-0.4, -0.2) is 18.4 Å². The molecule has 2 unspecified atom stereocenters. The first-order chi connectivity index (χ1) is 10.2. The lowest BCUT2D eigenvalue weighted by atomic mass is 9.85. The molecule has 1 aromatic rings. The summed E-state index contributed by atoms with van der Waals surface area (Å²) in [5, 5.41) is 8.63. The number of anilines is 1. The minimum absolute atomic E-state index is 0.123. The van der Waals surface area contributed by atoms with Gasteiger partial charge in [0.2, 0.25) is 11.8 Å². The van der Waals surface area contributed by atoms with Crippen LogP contribution in [0.4, 0.5) is 5.69 Å². The summed E-state index contributed by atoms with van der Waals surface area (Å²) < 4.78 is 5.33. The van der Waals surface area contributed by atoms with Crippen LogP contribution in [0.3, 0.4) is 0 Å². The normalized spacial score (nSPS) is 23.9. The molecule has 5 heteroatoms. The molecular formula is C16H14N2O3. The second kappa shape index (κ2) is 5.41. The predicted octanol–water partition coefficient (Wildman–Crippen LogP) is 2.04. The van der Waals surface area contributed by atoms with Crippen LogP contribution in [-0.2, 0) is 9.59 Å². The summed E-state index contributed by atoms with van der Waals surface area (Å²) >= 11 is 0. The smallest absolute Gasteiger partial charge is 0.238 e. The van der Waals surface area contributed by atoms with Crippen LogP contribution in [0, 0.1) is 23.2 Å². The fourth-order valence-corrected chi connectivity index (χ4v) is 2.91. The fourth-order valence-electron chi connectivity index (χ4n) is 2.91. The first-order valence-electron chi connectivity index (χ1n) is 6.85. The minimum atomic E-state index is -0.272. The van der Waals surface area contributed by atoms with Crippen molar-refractivity contribution >= 4 is 17.5 Å². The average Bonchev–Trinajstić information content (AvgIpc) is 2.78. The van der Waals surface area contributed by atoms with Gasteiger partial charge in [0, 0.05) is 0 Å². The van der Waals surface area contributed by atoms with Gasteiger partial charge in [0.05, 0.1) is 17.5 Å². The summed E-state index contributed by atoms with van der Waals surface area (Å²) in [6, 6.07) is 8.71. The topological polar surface area (TPSA) is 70.4 Å². The number of fused-ring (bicyclic) bond motifs is 1. The van der Waals surface area contributed by atoms with Gasteiger partial charge in [-0.05, 0) is 25.0 Å². The van der Waals surface area contributed by atoms with E-state index in [1.54, 1.807) is 24.3 Å². The van der Waals surface area contributed by atoms with Gasteiger partial charge < -0.3 is 4.74 Å². The molecule has 1 fully saturated rings. The van der Waals surface area contributed by atoms with Crippen molar-refractivity contribution in [3.63, 3.8) is 0 Å². The van der Waals surface area contributed by atoms with Gasteiger partial charge in [0.1, 0.15) is 11.8 Å². The van der Waals surface area contributed by atoms with Crippen molar-refractivity contribution in [2.45, 2.75) is 12.8 Å². The quantitative estimate of drug-likeness (QED) is 0.628. The summed E-state index contributed by atoms with van der Waals surface area (Å²) in [5.41, 5.74) is 0.428. The van der Waals surface area contributed by atoms with E-state index in [0.29, 0.717) is 24.3 Å². The Kier molecular flexibility index (Phi) is 3.44. The van der Waals surface area contributed by atoms with E-state index in [-0.39, 0.29) is 30.3 Å². The Bertz CT molecular complexity index is 634. The highest BCUT2D eigenvalue weighted by Gasteiger charge is 2.48. The van der Waals surface area contributed by atoms with Gasteiger partial charge in [-0.15, -0.1) is 0 Å². The second-order valence-electron chi connectivity index (χ2n) is 5.08. The van der Waals surface area contributed by atoms with Crippen LogP contribution in [0.15, 0.2) is 36.4 Å². The molecule has 1 heterocycles. The molecule has 1 aromatic carbocycles. The molecule has 1 saturated heterocycles. The van der Waals surface area contributed by atoms with Crippen LogP contribution >= 0.6 is 0 Å². The minimum Gasteiger partial charge on any atom is -0.477 e. The zero-order chi connectivity index (χ0) is 14.8. The maximum absolute atomic E-state index is 12.5. The van der Waals surface area contributed by atoms with Gasteiger partial charge in [-0.3, -0.25) is 9.59 Å². The highest BCUT2D eigenvalue weighted by Crippen LogP contribution is 2.40. The van der Waals surface area contributed by atoms with Gasteiger partial charge in [-0.25, -0.2) is 4.90 Å². The molecule has 0 N–H and O–H groups in total. The first kappa shape index (κ1) is 13.4. The van der Waals surface area contributed by atoms with E-state index in [4.69, 9.17) is 10.00 Å². The number of hydrogen-bond acceptors (Lipinski definition) is 4. The molecule has 2 aliphatic rings. The Labute approximate surface area is 122 Å². The number of amides is 2. The summed E-state index contributed by atoms with van der Waals surface area (Å²) in [6.07, 6.45) is 5.11. The molecule has 0 saturated carbocycles. The molecule has 21 heavy (non-hydrogen) atoms. The Morgan fingerprint density at radius 2 is 1.76 bits per heavy atom. The van der Waals surface area contributed by atoms with E-state index < -0.39 is 0 Å². The zero-order valence-corrected chi connectivity index (χ0v) is 11.4. The molecule has 1 aliphatic heterocycles. The highest BCUT2D eigenvalue weighted by atomic mass is 16.5. The first-order valence-corrected chi connectivity index (χ1v) is 6.85. The van der Waals surface area contributed by atoms with Gasteiger partial charge in [0.25, 0.3) is 0 Å². The van der Waals surface area contributed by atoms with Crippen LogP contribution in [0.1, 0.15) is 12.8 Å². The number of imide groups is 1. The molecule has 2 atom stereocenters. The van der Waals surface area contributed by atoms with Crippen molar-refractivity contribution in [2.24, 2.45) is 11.8 Å². The van der Waals surface area contributed by atoms with E-state index in [1.165, 1.54) is 4.90 Å². The molecule has 0 aromatic heterocycles. The maximum atomic E-state index is 12.5. The lowest BCUT2D eigenvalue weighted by Gasteiger charge is -2.18. The van der Waals surface area contributed by atoms with E-state index in [9.17, 15) is 9.59 Å². The summed E-state index contributed by atoms with van der Waals surface area (Å²) in [7, 11) is 0. The van der Waals surface area contributed by atoms with Gasteiger partial charge in [0.15, 0.2) is 6.61 Å². The molecule has 1 aliphatic carbocycles. The number of ether oxygens (including phenoxy) is 1.